The molecule has 1 unspecified atom stereocenters. The van der Waals surface area contributed by atoms with Crippen molar-refractivity contribution in [2.75, 3.05) is 25.1 Å². The molecule has 1 aliphatic heterocycles. The van der Waals surface area contributed by atoms with Gasteiger partial charge < -0.3 is 5.32 Å². The van der Waals surface area contributed by atoms with Crippen LogP contribution in [-0.4, -0.2) is 55.3 Å². The first kappa shape index (κ1) is 16.8. The van der Waals surface area contributed by atoms with E-state index in [-0.39, 0.29) is 42.1 Å². The van der Waals surface area contributed by atoms with Crippen molar-refractivity contribution in [3.05, 3.63) is 29.6 Å². The molecule has 0 aromatic carbocycles. The van der Waals surface area contributed by atoms with Gasteiger partial charge in [0.15, 0.2) is 9.84 Å². The van der Waals surface area contributed by atoms with Gasteiger partial charge in [-0.25, -0.2) is 17.2 Å². The number of sulfone groups is 1. The molecule has 9 heteroatoms. The number of amides is 1. The van der Waals surface area contributed by atoms with Crippen molar-refractivity contribution in [2.24, 2.45) is 0 Å². The summed E-state index contributed by atoms with van der Waals surface area (Å²) in [5.74, 6) is -1.90. The highest BCUT2D eigenvalue weighted by Gasteiger charge is 2.29. The average Bonchev–Trinajstić information content (AvgIpc) is 2.73. The Labute approximate surface area is 127 Å². The highest BCUT2D eigenvalue weighted by atomic mass is 32.2. The molecule has 1 aromatic rings. The van der Waals surface area contributed by atoms with E-state index in [1.807, 2.05) is 0 Å². The lowest BCUT2D eigenvalue weighted by Gasteiger charge is -2.18. The van der Waals surface area contributed by atoms with E-state index in [9.17, 15) is 22.0 Å². The van der Waals surface area contributed by atoms with Crippen LogP contribution in [0.3, 0.4) is 0 Å². The SMILES string of the molecule is CN(CC(=O)NC1CCS(=O)(=O)C1)Cc1c(F)cncc1F. The lowest BCUT2D eigenvalue weighted by Crippen LogP contribution is -2.41. The molecule has 22 heavy (non-hydrogen) atoms. The second-order valence-corrected chi connectivity index (χ2v) is 7.65. The Kier molecular flexibility index (Phi) is 5.07. The molecule has 6 nitrogen and oxygen atoms in total. The van der Waals surface area contributed by atoms with Crippen LogP contribution in [0.2, 0.25) is 0 Å². The van der Waals surface area contributed by atoms with Gasteiger partial charge in [-0.3, -0.25) is 14.7 Å². The largest absolute Gasteiger partial charge is 0.351 e. The van der Waals surface area contributed by atoms with E-state index in [2.05, 4.69) is 10.3 Å². The van der Waals surface area contributed by atoms with Crippen molar-refractivity contribution in [1.82, 2.24) is 15.2 Å². The number of halogens is 2. The Morgan fingerprint density at radius 3 is 2.59 bits per heavy atom. The quantitative estimate of drug-likeness (QED) is 0.826. The van der Waals surface area contributed by atoms with E-state index in [0.717, 1.165) is 12.4 Å². The number of hydrogen-bond donors (Lipinski definition) is 1. The lowest BCUT2D eigenvalue weighted by atomic mass is 10.2. The van der Waals surface area contributed by atoms with Crippen molar-refractivity contribution in [3.8, 4) is 0 Å². The summed E-state index contributed by atoms with van der Waals surface area (Å²) in [5.41, 5.74) is -0.159. The predicted molar refractivity (Wildman–Crippen MR) is 75.7 cm³/mol. The summed E-state index contributed by atoms with van der Waals surface area (Å²) in [4.78, 5) is 16.7. The Bertz CT molecular complexity index is 646. The Morgan fingerprint density at radius 1 is 1.41 bits per heavy atom. The summed E-state index contributed by atoms with van der Waals surface area (Å²) in [6.07, 6.45) is 2.22. The van der Waals surface area contributed by atoms with Crippen LogP contribution in [-0.2, 0) is 21.2 Å². The fourth-order valence-corrected chi connectivity index (χ4v) is 4.02. The molecule has 1 aliphatic rings. The zero-order valence-electron chi connectivity index (χ0n) is 12.1. The van der Waals surface area contributed by atoms with Crippen LogP contribution in [0.1, 0.15) is 12.0 Å². The minimum Gasteiger partial charge on any atom is -0.351 e. The molecule has 2 heterocycles. The number of pyridine rings is 1. The summed E-state index contributed by atoms with van der Waals surface area (Å²) < 4.78 is 49.5. The van der Waals surface area contributed by atoms with Gasteiger partial charge in [0.2, 0.25) is 5.91 Å². The maximum absolute atomic E-state index is 13.5. The van der Waals surface area contributed by atoms with Gasteiger partial charge in [-0.2, -0.15) is 0 Å². The van der Waals surface area contributed by atoms with Crippen LogP contribution in [0.25, 0.3) is 0 Å². The van der Waals surface area contributed by atoms with Gasteiger partial charge in [0.1, 0.15) is 11.6 Å². The number of likely N-dealkylation sites (N-methyl/N-ethyl adjacent to an activating group) is 1. The van der Waals surface area contributed by atoms with E-state index in [1.165, 1.54) is 4.90 Å². The van der Waals surface area contributed by atoms with Gasteiger partial charge in [-0.05, 0) is 13.5 Å². The fourth-order valence-electron chi connectivity index (χ4n) is 2.34. The molecule has 1 saturated heterocycles. The van der Waals surface area contributed by atoms with Crippen LogP contribution in [0.5, 0.6) is 0 Å². The third kappa shape index (κ3) is 4.44. The van der Waals surface area contributed by atoms with E-state index >= 15 is 0 Å². The Balaban J connectivity index is 1.87. The van der Waals surface area contributed by atoms with Crippen LogP contribution >= 0.6 is 0 Å². The Morgan fingerprint density at radius 2 is 2.05 bits per heavy atom. The third-order valence-electron chi connectivity index (χ3n) is 3.39. The van der Waals surface area contributed by atoms with Crippen LogP contribution in [0.15, 0.2) is 12.4 Å². The smallest absolute Gasteiger partial charge is 0.234 e. The van der Waals surface area contributed by atoms with Gasteiger partial charge in [0.05, 0.1) is 30.4 Å². The number of carbonyl (C=O) groups is 1. The molecular weight excluding hydrogens is 316 g/mol. The first-order valence-electron chi connectivity index (χ1n) is 6.73. The van der Waals surface area contributed by atoms with Crippen LogP contribution < -0.4 is 5.32 Å². The monoisotopic (exact) mass is 333 g/mol. The highest BCUT2D eigenvalue weighted by molar-refractivity contribution is 7.91. The van der Waals surface area contributed by atoms with E-state index in [1.54, 1.807) is 7.05 Å². The number of aromatic nitrogens is 1. The van der Waals surface area contributed by atoms with E-state index in [4.69, 9.17) is 0 Å². The fraction of sp³-hybridized carbons (Fsp3) is 0.538. The van der Waals surface area contributed by atoms with Crippen LogP contribution in [0, 0.1) is 11.6 Å². The maximum atomic E-state index is 13.5. The summed E-state index contributed by atoms with van der Waals surface area (Å²) in [7, 11) is -1.52. The minimum atomic E-state index is -3.06. The molecule has 0 radical (unpaired) electrons. The summed E-state index contributed by atoms with van der Waals surface area (Å²) in [5, 5.41) is 2.62. The normalized spacial score (nSPS) is 20.3. The van der Waals surface area contributed by atoms with Gasteiger partial charge in [0, 0.05) is 18.2 Å². The summed E-state index contributed by atoms with van der Waals surface area (Å²) in [6.45, 7) is -0.172. The Hall–Kier alpha value is -1.61. The van der Waals surface area contributed by atoms with Crippen LogP contribution in [0.4, 0.5) is 8.78 Å². The number of carbonyl (C=O) groups excluding carboxylic acids is 1. The predicted octanol–water partition coefficient (Wildman–Crippen LogP) is 0.0949. The summed E-state index contributed by atoms with van der Waals surface area (Å²) >= 11 is 0. The summed E-state index contributed by atoms with van der Waals surface area (Å²) in [6, 6.07) is -0.389. The minimum absolute atomic E-state index is 0.0595. The zero-order chi connectivity index (χ0) is 16.3. The molecule has 0 saturated carbocycles. The average molecular weight is 333 g/mol. The van der Waals surface area contributed by atoms with Gasteiger partial charge in [-0.15, -0.1) is 0 Å². The van der Waals surface area contributed by atoms with Gasteiger partial charge in [0.25, 0.3) is 0 Å². The first-order chi connectivity index (χ1) is 10.3. The molecule has 0 bridgehead atoms. The molecule has 1 fully saturated rings. The molecule has 0 aliphatic carbocycles. The molecule has 1 N–H and O–H groups in total. The topological polar surface area (TPSA) is 79.4 Å². The number of nitrogens with one attached hydrogen (secondary N) is 1. The lowest BCUT2D eigenvalue weighted by molar-refractivity contribution is -0.122. The highest BCUT2D eigenvalue weighted by Crippen LogP contribution is 2.13. The molecule has 2 rings (SSSR count). The van der Waals surface area contributed by atoms with Crippen molar-refractivity contribution in [2.45, 2.75) is 19.0 Å². The van der Waals surface area contributed by atoms with Gasteiger partial charge in [-0.1, -0.05) is 0 Å². The van der Waals surface area contributed by atoms with Crippen molar-refractivity contribution in [3.63, 3.8) is 0 Å². The first-order valence-corrected chi connectivity index (χ1v) is 8.55. The molecule has 0 spiro atoms. The number of hydrogen-bond acceptors (Lipinski definition) is 5. The standard InChI is InChI=1S/C13H17F2N3O3S/c1-18(6-10-11(14)4-16-5-12(10)15)7-13(19)17-9-2-3-22(20,21)8-9/h4-5,9H,2-3,6-8H2,1H3,(H,17,19). The zero-order valence-corrected chi connectivity index (χ0v) is 12.9. The van der Waals surface area contributed by atoms with E-state index in [0.29, 0.717) is 6.42 Å². The van der Waals surface area contributed by atoms with Gasteiger partial charge >= 0.3 is 0 Å². The molecule has 1 atom stereocenters. The van der Waals surface area contributed by atoms with E-state index < -0.39 is 21.5 Å². The second-order valence-electron chi connectivity index (χ2n) is 5.42. The number of nitrogens with zero attached hydrogens (tertiary/aromatic N) is 2. The molecule has 1 amide bonds. The molecule has 122 valence electrons. The van der Waals surface area contributed by atoms with Crippen molar-refractivity contribution >= 4 is 15.7 Å². The maximum Gasteiger partial charge on any atom is 0.234 e. The second kappa shape index (κ2) is 6.66. The molecule has 1 aromatic heterocycles. The third-order valence-corrected chi connectivity index (χ3v) is 5.16. The van der Waals surface area contributed by atoms with Crippen molar-refractivity contribution < 1.29 is 22.0 Å². The van der Waals surface area contributed by atoms with Crippen molar-refractivity contribution in [1.29, 1.82) is 0 Å². The number of rotatable bonds is 5. The molecular formula is C13H17F2N3O3S.